The van der Waals surface area contributed by atoms with Gasteiger partial charge in [-0.25, -0.2) is 0 Å². The lowest BCUT2D eigenvalue weighted by Crippen LogP contribution is -2.37. The Labute approximate surface area is 276 Å². The van der Waals surface area contributed by atoms with E-state index in [2.05, 4.69) is 13.2 Å². The molecule has 4 fully saturated rings. The molecule has 0 amide bonds. The van der Waals surface area contributed by atoms with E-state index < -0.39 is 35.0 Å². The first-order valence-corrected chi connectivity index (χ1v) is 18.0. The highest BCUT2D eigenvalue weighted by Gasteiger charge is 2.44. The summed E-state index contributed by atoms with van der Waals surface area (Å²) in [7, 11) is 0. The molecule has 0 heterocycles. The highest BCUT2D eigenvalue weighted by atomic mass is 16.6. The smallest absolute Gasteiger partial charge is 0.307 e. The molecule has 4 aliphatic rings. The molecule has 8 heteroatoms. The standard InChI is InChI=1S/2C19H30O4/c2*1-3-4-10-15-11-7-12-19(15,2)23-17(20)13-16(18(21)22)14-8-5-6-9-14/h2*3,14-16H,1,4-13H2,2H3,(H,21,22)/t15-,16+,19-;15-,16-,19-/m10/s1. The molecule has 0 aromatic heterocycles. The number of carbonyl (C=O) groups excluding carboxylic acids is 2. The van der Waals surface area contributed by atoms with Crippen LogP contribution in [-0.4, -0.2) is 45.3 Å². The van der Waals surface area contributed by atoms with Crippen molar-refractivity contribution in [1.29, 1.82) is 0 Å². The van der Waals surface area contributed by atoms with Gasteiger partial charge in [0.15, 0.2) is 0 Å². The summed E-state index contributed by atoms with van der Waals surface area (Å²) in [6.45, 7) is 11.5. The maximum Gasteiger partial charge on any atom is 0.307 e. The zero-order valence-corrected chi connectivity index (χ0v) is 28.5. The van der Waals surface area contributed by atoms with Crippen molar-refractivity contribution in [3.63, 3.8) is 0 Å². The summed E-state index contributed by atoms with van der Waals surface area (Å²) >= 11 is 0. The highest BCUT2D eigenvalue weighted by Crippen LogP contribution is 2.43. The monoisotopic (exact) mass is 644 g/mol. The van der Waals surface area contributed by atoms with E-state index in [0.717, 1.165) is 116 Å². The van der Waals surface area contributed by atoms with Gasteiger partial charge in [-0.05, 0) is 127 Å². The number of esters is 2. The minimum atomic E-state index is -0.853. The van der Waals surface area contributed by atoms with Gasteiger partial charge in [0.25, 0.3) is 0 Å². The van der Waals surface area contributed by atoms with E-state index in [0.29, 0.717) is 11.8 Å². The number of carboxylic acids is 2. The van der Waals surface area contributed by atoms with E-state index in [-0.39, 0.29) is 36.6 Å². The zero-order valence-electron chi connectivity index (χ0n) is 28.5. The minimum absolute atomic E-state index is 0.0176. The van der Waals surface area contributed by atoms with Gasteiger partial charge >= 0.3 is 23.9 Å². The summed E-state index contributed by atoms with van der Waals surface area (Å²) < 4.78 is 11.6. The molecule has 0 aromatic carbocycles. The second kappa shape index (κ2) is 18.1. The molecule has 0 aromatic rings. The predicted molar refractivity (Wildman–Crippen MR) is 178 cm³/mol. The SMILES string of the molecule is C=CCC[C@@H]1CCC[C@@]1(C)OC(=O)C[C@H](C(=O)O)C1CCCC1.C=CCC[C@H]1CCC[C@]1(C)OC(=O)C[C@H](C(=O)O)C1CCCC1. The number of rotatable bonds is 16. The lowest BCUT2D eigenvalue weighted by atomic mass is 9.87. The molecule has 8 nitrogen and oxygen atoms in total. The zero-order chi connectivity index (χ0) is 33.7. The summed E-state index contributed by atoms with van der Waals surface area (Å²) in [6.07, 6.45) is 21.7. The van der Waals surface area contributed by atoms with E-state index in [1.807, 2.05) is 26.0 Å². The lowest BCUT2D eigenvalue weighted by Gasteiger charge is -2.32. The molecule has 0 bridgehead atoms. The Morgan fingerprint density at radius 3 is 1.30 bits per heavy atom. The van der Waals surface area contributed by atoms with Crippen molar-refractivity contribution in [3.05, 3.63) is 25.3 Å². The van der Waals surface area contributed by atoms with Gasteiger partial charge in [0.05, 0.1) is 24.7 Å². The van der Waals surface area contributed by atoms with Crippen LogP contribution in [-0.2, 0) is 28.7 Å². The van der Waals surface area contributed by atoms with Crippen LogP contribution in [0.15, 0.2) is 25.3 Å². The fourth-order valence-electron chi connectivity index (χ4n) is 8.82. The van der Waals surface area contributed by atoms with E-state index in [1.54, 1.807) is 0 Å². The maximum absolute atomic E-state index is 12.4. The molecule has 46 heavy (non-hydrogen) atoms. The quantitative estimate of drug-likeness (QED) is 0.126. The lowest BCUT2D eigenvalue weighted by molar-refractivity contribution is -0.167. The van der Waals surface area contributed by atoms with Crippen LogP contribution in [0.5, 0.6) is 0 Å². The number of aliphatic carboxylic acids is 2. The third-order valence-corrected chi connectivity index (χ3v) is 11.7. The molecule has 6 atom stereocenters. The third-order valence-electron chi connectivity index (χ3n) is 11.7. The minimum Gasteiger partial charge on any atom is -0.481 e. The molecule has 0 spiro atoms. The Morgan fingerprint density at radius 1 is 0.652 bits per heavy atom. The van der Waals surface area contributed by atoms with Gasteiger partial charge in [-0.2, -0.15) is 0 Å². The van der Waals surface area contributed by atoms with Gasteiger partial charge in [-0.1, -0.05) is 37.8 Å². The van der Waals surface area contributed by atoms with Crippen molar-refractivity contribution in [3.8, 4) is 0 Å². The average molecular weight is 645 g/mol. The molecule has 2 N–H and O–H groups in total. The van der Waals surface area contributed by atoms with Crippen molar-refractivity contribution in [2.45, 2.75) is 153 Å². The second-order valence-electron chi connectivity index (χ2n) is 14.9. The van der Waals surface area contributed by atoms with Crippen molar-refractivity contribution in [1.82, 2.24) is 0 Å². The third kappa shape index (κ3) is 10.7. The van der Waals surface area contributed by atoms with E-state index in [4.69, 9.17) is 9.47 Å². The normalized spacial score (nSPS) is 29.3. The van der Waals surface area contributed by atoms with Crippen LogP contribution in [0.25, 0.3) is 0 Å². The van der Waals surface area contributed by atoms with Crippen molar-refractivity contribution >= 4 is 23.9 Å². The van der Waals surface area contributed by atoms with Crippen LogP contribution < -0.4 is 0 Å². The molecule has 4 rings (SSSR count). The number of carboxylic acid groups (broad SMARTS) is 2. The Hall–Kier alpha value is -2.64. The molecule has 0 saturated heterocycles. The van der Waals surface area contributed by atoms with Crippen molar-refractivity contribution < 1.29 is 38.9 Å². The van der Waals surface area contributed by atoms with E-state index in [1.165, 1.54) is 0 Å². The highest BCUT2D eigenvalue weighted by molar-refractivity contribution is 5.80. The van der Waals surface area contributed by atoms with E-state index in [9.17, 15) is 29.4 Å². The van der Waals surface area contributed by atoms with Gasteiger partial charge in [-0.15, -0.1) is 13.2 Å². The van der Waals surface area contributed by atoms with Crippen LogP contribution >= 0.6 is 0 Å². The van der Waals surface area contributed by atoms with Crippen molar-refractivity contribution in [2.75, 3.05) is 0 Å². The van der Waals surface area contributed by atoms with Crippen LogP contribution in [0.2, 0.25) is 0 Å². The Bertz CT molecular complexity index is 959. The summed E-state index contributed by atoms with van der Waals surface area (Å²) in [6, 6.07) is 0. The Morgan fingerprint density at radius 2 is 1.00 bits per heavy atom. The van der Waals surface area contributed by atoms with E-state index >= 15 is 0 Å². The van der Waals surface area contributed by atoms with Crippen LogP contribution in [0, 0.1) is 35.5 Å². The summed E-state index contributed by atoms with van der Waals surface area (Å²) in [5.74, 6) is -2.56. The molecular weight excluding hydrogens is 584 g/mol. The van der Waals surface area contributed by atoms with Crippen LogP contribution in [0.4, 0.5) is 0 Å². The molecular formula is C38H60O8. The van der Waals surface area contributed by atoms with Gasteiger partial charge in [0, 0.05) is 0 Å². The molecule has 0 aliphatic heterocycles. The van der Waals surface area contributed by atoms with Gasteiger partial charge in [0.1, 0.15) is 11.2 Å². The van der Waals surface area contributed by atoms with Gasteiger partial charge in [-0.3, -0.25) is 19.2 Å². The summed E-state index contributed by atoms with van der Waals surface area (Å²) in [5.41, 5.74) is -0.863. The number of carbonyl (C=O) groups is 4. The van der Waals surface area contributed by atoms with Crippen LogP contribution in [0.1, 0.15) is 142 Å². The number of hydrogen-bond acceptors (Lipinski definition) is 6. The molecule has 0 radical (unpaired) electrons. The molecule has 4 saturated carbocycles. The Kier molecular flexibility index (Phi) is 14.8. The van der Waals surface area contributed by atoms with Crippen molar-refractivity contribution in [2.24, 2.45) is 35.5 Å². The number of ether oxygens (including phenoxy) is 2. The molecule has 260 valence electrons. The first kappa shape index (κ1) is 37.8. The summed E-state index contributed by atoms with van der Waals surface area (Å²) in [5, 5.41) is 18.9. The number of allylic oxidation sites excluding steroid dienone is 2. The average Bonchev–Trinajstić information content (AvgIpc) is 3.82. The first-order valence-electron chi connectivity index (χ1n) is 18.0. The van der Waals surface area contributed by atoms with Gasteiger partial charge < -0.3 is 19.7 Å². The molecule has 4 aliphatic carbocycles. The summed E-state index contributed by atoms with van der Waals surface area (Å²) in [4.78, 5) is 47.8. The fourth-order valence-corrected chi connectivity index (χ4v) is 8.82. The van der Waals surface area contributed by atoms with Gasteiger partial charge in [0.2, 0.25) is 0 Å². The topological polar surface area (TPSA) is 127 Å². The van der Waals surface area contributed by atoms with Crippen LogP contribution in [0.3, 0.4) is 0 Å². The second-order valence-corrected chi connectivity index (χ2v) is 14.9. The largest absolute Gasteiger partial charge is 0.481 e. The maximum atomic E-state index is 12.4. The number of hydrogen-bond donors (Lipinski definition) is 2. The first-order chi connectivity index (χ1) is 21.9. The molecule has 0 unspecified atom stereocenters. The predicted octanol–water partition coefficient (Wildman–Crippen LogP) is 8.67. The fraction of sp³-hybridized carbons (Fsp3) is 0.789. The Balaban J connectivity index is 0.000000250.